The molecule has 2 aromatic carbocycles. The number of aryl methyl sites for hydroxylation is 2. The summed E-state index contributed by atoms with van der Waals surface area (Å²) in [4.78, 5) is 17.6. The van der Waals surface area contributed by atoms with Crippen molar-refractivity contribution >= 4 is 34.5 Å². The number of aliphatic imine (C=N–C) groups is 1. The van der Waals surface area contributed by atoms with Gasteiger partial charge in [-0.25, -0.2) is 9.79 Å². The van der Waals surface area contributed by atoms with E-state index in [1.165, 1.54) is 17.3 Å². The summed E-state index contributed by atoms with van der Waals surface area (Å²) in [5.41, 5.74) is 4.16. The summed E-state index contributed by atoms with van der Waals surface area (Å²) in [7, 11) is 0. The van der Waals surface area contributed by atoms with Gasteiger partial charge in [0, 0.05) is 0 Å². The van der Waals surface area contributed by atoms with Crippen LogP contribution in [0.15, 0.2) is 69.8 Å². The number of thioether (sulfide) groups is 1. The maximum atomic E-state index is 12.4. The van der Waals surface area contributed by atoms with Crippen LogP contribution in [0, 0.1) is 6.92 Å². The molecule has 3 rings (SSSR count). The first-order valence-corrected chi connectivity index (χ1v) is 10.1. The molecule has 4 nitrogen and oxygen atoms in total. The van der Waals surface area contributed by atoms with E-state index in [0.29, 0.717) is 9.95 Å². The van der Waals surface area contributed by atoms with Gasteiger partial charge in [-0.3, -0.25) is 0 Å². The molecule has 5 heteroatoms. The first-order chi connectivity index (χ1) is 13.5. The van der Waals surface area contributed by atoms with E-state index >= 15 is 0 Å². The van der Waals surface area contributed by atoms with E-state index in [0.717, 1.165) is 23.2 Å². The molecule has 0 saturated carbocycles. The molecule has 1 aliphatic rings. The largest absolute Gasteiger partial charge is 0.506 e. The average molecular weight is 394 g/mol. The molecule has 0 saturated heterocycles. The molecule has 0 unspecified atom stereocenters. The minimum atomic E-state index is -0.567. The van der Waals surface area contributed by atoms with Gasteiger partial charge in [-0.15, -0.1) is 0 Å². The van der Waals surface area contributed by atoms with Crippen LogP contribution in [-0.4, -0.2) is 22.7 Å². The topological polar surface area (TPSA) is 58.9 Å². The second-order valence-electron chi connectivity index (χ2n) is 6.40. The quantitative estimate of drug-likeness (QED) is 0.657. The molecule has 2 aromatic rings. The van der Waals surface area contributed by atoms with Gasteiger partial charge in [-0.05, 0) is 49.6 Å². The van der Waals surface area contributed by atoms with Crippen molar-refractivity contribution in [2.75, 3.05) is 6.61 Å². The fourth-order valence-corrected chi connectivity index (χ4v) is 3.76. The van der Waals surface area contributed by atoms with Crippen LogP contribution in [0.5, 0.6) is 0 Å². The number of carbonyl (C=O) groups excluding carboxylic acids is 1. The van der Waals surface area contributed by atoms with Gasteiger partial charge in [0.15, 0.2) is 0 Å². The molecule has 0 fully saturated rings. The summed E-state index contributed by atoms with van der Waals surface area (Å²) in [6, 6.07) is 15.8. The number of hydrogen-bond donors (Lipinski definition) is 1. The van der Waals surface area contributed by atoms with Gasteiger partial charge in [-0.2, -0.15) is 0 Å². The van der Waals surface area contributed by atoms with E-state index in [4.69, 9.17) is 4.74 Å². The third-order valence-electron chi connectivity index (χ3n) is 4.32. The Morgan fingerprint density at radius 3 is 2.39 bits per heavy atom. The van der Waals surface area contributed by atoms with Crippen LogP contribution in [0.1, 0.15) is 30.5 Å². The van der Waals surface area contributed by atoms with Crippen LogP contribution < -0.4 is 0 Å². The van der Waals surface area contributed by atoms with E-state index in [-0.39, 0.29) is 17.9 Å². The molecule has 1 N–H and O–H groups in total. The number of aliphatic hydroxyl groups is 1. The number of nitrogens with zero attached hydrogens (tertiary/aromatic N) is 1. The Morgan fingerprint density at radius 2 is 1.79 bits per heavy atom. The minimum Gasteiger partial charge on any atom is -0.506 e. The lowest BCUT2D eigenvalue weighted by Gasteiger charge is -2.04. The predicted octanol–water partition coefficient (Wildman–Crippen LogP) is 5.75. The highest BCUT2D eigenvalue weighted by Gasteiger charge is 2.33. The predicted molar refractivity (Wildman–Crippen MR) is 116 cm³/mol. The van der Waals surface area contributed by atoms with Crippen LogP contribution in [-0.2, 0) is 16.0 Å². The molecule has 0 amide bonds. The van der Waals surface area contributed by atoms with Gasteiger partial charge < -0.3 is 9.84 Å². The molecule has 0 aromatic heterocycles. The highest BCUT2D eigenvalue weighted by atomic mass is 32.2. The molecular formula is C23H23NO3S. The summed E-state index contributed by atoms with van der Waals surface area (Å²) in [6.07, 6.45) is 2.83. The number of hydrogen-bond acceptors (Lipinski definition) is 5. The molecule has 1 aliphatic heterocycles. The summed E-state index contributed by atoms with van der Waals surface area (Å²) < 4.78 is 5.13. The number of benzene rings is 2. The van der Waals surface area contributed by atoms with Crippen molar-refractivity contribution < 1.29 is 14.6 Å². The van der Waals surface area contributed by atoms with Gasteiger partial charge in [-0.1, -0.05) is 60.6 Å². The fourth-order valence-electron chi connectivity index (χ4n) is 2.73. The van der Waals surface area contributed by atoms with Gasteiger partial charge in [0.05, 0.1) is 17.2 Å². The summed E-state index contributed by atoms with van der Waals surface area (Å²) in [5, 5.41) is 11.2. The third kappa shape index (κ3) is 4.54. The monoisotopic (exact) mass is 393 g/mol. The van der Waals surface area contributed by atoms with Gasteiger partial charge in [0.25, 0.3) is 0 Å². The molecule has 144 valence electrons. The molecule has 0 spiro atoms. The molecule has 0 atom stereocenters. The Hall–Kier alpha value is -2.79. The third-order valence-corrected chi connectivity index (χ3v) is 5.34. The van der Waals surface area contributed by atoms with Crippen LogP contribution in [0.4, 0.5) is 5.69 Å². The van der Waals surface area contributed by atoms with Crippen molar-refractivity contribution in [1.29, 1.82) is 0 Å². The van der Waals surface area contributed by atoms with Crippen LogP contribution in [0.2, 0.25) is 0 Å². The molecular weight excluding hydrogens is 370 g/mol. The molecule has 1 heterocycles. The van der Waals surface area contributed by atoms with Crippen LogP contribution >= 0.6 is 11.8 Å². The van der Waals surface area contributed by atoms with Crippen molar-refractivity contribution in [3.63, 3.8) is 0 Å². The molecule has 0 bridgehead atoms. The number of carbonyl (C=O) groups is 1. The number of ether oxygens (including phenoxy) is 1. The Morgan fingerprint density at radius 1 is 1.11 bits per heavy atom. The van der Waals surface area contributed by atoms with E-state index in [2.05, 4.69) is 24.0 Å². The van der Waals surface area contributed by atoms with E-state index in [1.807, 2.05) is 49.4 Å². The Kier molecular flexibility index (Phi) is 6.37. The maximum Gasteiger partial charge on any atom is 0.344 e. The molecule has 0 aliphatic carbocycles. The second-order valence-corrected chi connectivity index (χ2v) is 7.43. The van der Waals surface area contributed by atoms with Crippen molar-refractivity contribution in [1.82, 2.24) is 0 Å². The van der Waals surface area contributed by atoms with Crippen molar-refractivity contribution in [2.24, 2.45) is 4.99 Å². The highest BCUT2D eigenvalue weighted by molar-refractivity contribution is 8.18. The number of aliphatic hydroxyl groups excluding tert-OH is 1. The lowest BCUT2D eigenvalue weighted by atomic mass is 10.1. The Balaban J connectivity index is 2.00. The average Bonchev–Trinajstić information content (AvgIpc) is 2.99. The zero-order chi connectivity index (χ0) is 20.1. The van der Waals surface area contributed by atoms with Crippen molar-refractivity contribution in [2.45, 2.75) is 27.2 Å². The normalized spacial score (nSPS) is 16.8. The summed E-state index contributed by atoms with van der Waals surface area (Å²) in [6.45, 7) is 6.08. The standard InChI is InChI=1S/C23H23NO3S/c1-4-16-8-10-17(11-9-16)14-19-21(25)20(23(26)27-5-2)22(28-19)24-18-12-6-15(3)7-13-18/h6-14,25H,4-5H2,1-3H3. The Labute approximate surface area is 169 Å². The zero-order valence-electron chi connectivity index (χ0n) is 16.2. The van der Waals surface area contributed by atoms with Crippen LogP contribution in [0.25, 0.3) is 6.08 Å². The first kappa shape index (κ1) is 20.0. The van der Waals surface area contributed by atoms with Gasteiger partial charge >= 0.3 is 5.97 Å². The highest BCUT2D eigenvalue weighted by Crippen LogP contribution is 2.40. The first-order valence-electron chi connectivity index (χ1n) is 9.26. The Bertz CT molecular complexity index is 954. The molecule has 28 heavy (non-hydrogen) atoms. The summed E-state index contributed by atoms with van der Waals surface area (Å²) >= 11 is 1.27. The maximum absolute atomic E-state index is 12.4. The second kappa shape index (κ2) is 8.93. The van der Waals surface area contributed by atoms with Gasteiger partial charge in [0.1, 0.15) is 16.4 Å². The lowest BCUT2D eigenvalue weighted by Crippen LogP contribution is -2.12. The lowest BCUT2D eigenvalue weighted by molar-refractivity contribution is -0.138. The smallest absolute Gasteiger partial charge is 0.344 e. The van der Waals surface area contributed by atoms with Crippen LogP contribution in [0.3, 0.4) is 0 Å². The molecule has 0 radical (unpaired) electrons. The SMILES string of the molecule is CCOC(=O)C1=C(O)C(=Cc2ccc(CC)cc2)SC1=Nc1ccc(C)cc1. The zero-order valence-corrected chi connectivity index (χ0v) is 17.0. The van der Waals surface area contributed by atoms with E-state index in [9.17, 15) is 9.90 Å². The van der Waals surface area contributed by atoms with Gasteiger partial charge in [0.2, 0.25) is 0 Å². The minimum absolute atomic E-state index is 0.0890. The fraction of sp³-hybridized carbons (Fsp3) is 0.217. The number of esters is 1. The number of rotatable bonds is 5. The van der Waals surface area contributed by atoms with E-state index < -0.39 is 5.97 Å². The van der Waals surface area contributed by atoms with Crippen molar-refractivity contribution in [3.05, 3.63) is 81.5 Å². The van der Waals surface area contributed by atoms with Crippen molar-refractivity contribution in [3.8, 4) is 0 Å². The van der Waals surface area contributed by atoms with E-state index in [1.54, 1.807) is 6.92 Å². The summed E-state index contributed by atoms with van der Waals surface area (Å²) in [5.74, 6) is -0.656.